The topological polar surface area (TPSA) is 0 Å². The van der Waals surface area contributed by atoms with Crippen LogP contribution in [-0.2, 0) is 6.42 Å². The van der Waals surface area contributed by atoms with Crippen molar-refractivity contribution in [1.29, 1.82) is 0 Å². The third kappa shape index (κ3) is 3.10. The molecule has 1 atom stereocenters. The van der Waals surface area contributed by atoms with Gasteiger partial charge in [-0.25, -0.2) is 0 Å². The van der Waals surface area contributed by atoms with E-state index in [0.717, 1.165) is 12.8 Å². The zero-order chi connectivity index (χ0) is 12.8. The second kappa shape index (κ2) is 6.20. The standard InChI is InChI=1S/C18H20/c1-3-16(18-11-5-4-6-12-18)13-14-17-10-8-7-9-15(17)2/h3-12,16H,1,13-14H2,2H3. The Morgan fingerprint density at radius 3 is 2.33 bits per heavy atom. The summed E-state index contributed by atoms with van der Waals surface area (Å²) in [6, 6.07) is 19.2. The Hall–Kier alpha value is -1.82. The highest BCUT2D eigenvalue weighted by Crippen LogP contribution is 2.23. The molecule has 2 rings (SSSR count). The molecule has 0 radical (unpaired) electrons. The summed E-state index contributed by atoms with van der Waals surface area (Å²) in [4.78, 5) is 0. The summed E-state index contributed by atoms with van der Waals surface area (Å²) in [5.74, 6) is 0.450. The molecule has 1 unspecified atom stereocenters. The summed E-state index contributed by atoms with van der Waals surface area (Å²) in [6.07, 6.45) is 4.30. The third-order valence-corrected chi connectivity index (χ3v) is 3.50. The van der Waals surface area contributed by atoms with Crippen molar-refractivity contribution in [3.63, 3.8) is 0 Å². The minimum Gasteiger partial charge on any atom is -0.102 e. The van der Waals surface area contributed by atoms with Gasteiger partial charge in [0, 0.05) is 5.92 Å². The van der Waals surface area contributed by atoms with Crippen LogP contribution < -0.4 is 0 Å². The molecule has 0 saturated heterocycles. The maximum absolute atomic E-state index is 3.97. The molecule has 2 aromatic rings. The maximum atomic E-state index is 3.97. The van der Waals surface area contributed by atoms with Crippen molar-refractivity contribution >= 4 is 0 Å². The number of benzene rings is 2. The first-order valence-electron chi connectivity index (χ1n) is 6.53. The molecule has 2 aromatic carbocycles. The van der Waals surface area contributed by atoms with Gasteiger partial charge in [-0.15, -0.1) is 6.58 Å². The van der Waals surface area contributed by atoms with Gasteiger partial charge in [0.15, 0.2) is 0 Å². The monoisotopic (exact) mass is 236 g/mol. The van der Waals surface area contributed by atoms with Gasteiger partial charge >= 0.3 is 0 Å². The Labute approximate surface area is 110 Å². The van der Waals surface area contributed by atoms with Crippen LogP contribution in [0, 0.1) is 6.92 Å². The summed E-state index contributed by atoms with van der Waals surface area (Å²) in [5.41, 5.74) is 4.19. The SMILES string of the molecule is C=CC(CCc1ccccc1C)c1ccccc1. The summed E-state index contributed by atoms with van der Waals surface area (Å²) in [6.45, 7) is 6.15. The van der Waals surface area contributed by atoms with Crippen molar-refractivity contribution in [2.75, 3.05) is 0 Å². The first-order valence-corrected chi connectivity index (χ1v) is 6.53. The number of allylic oxidation sites excluding steroid dienone is 1. The minimum absolute atomic E-state index is 0.450. The summed E-state index contributed by atoms with van der Waals surface area (Å²) in [5, 5.41) is 0. The summed E-state index contributed by atoms with van der Waals surface area (Å²) >= 11 is 0. The molecular weight excluding hydrogens is 216 g/mol. The van der Waals surface area contributed by atoms with Gasteiger partial charge in [-0.2, -0.15) is 0 Å². The highest BCUT2D eigenvalue weighted by molar-refractivity contribution is 5.27. The van der Waals surface area contributed by atoms with Gasteiger partial charge < -0.3 is 0 Å². The number of hydrogen-bond acceptors (Lipinski definition) is 0. The smallest absolute Gasteiger partial charge is 0.00184 e. The van der Waals surface area contributed by atoms with Gasteiger partial charge in [0.1, 0.15) is 0 Å². The fraction of sp³-hybridized carbons (Fsp3) is 0.222. The molecule has 0 aliphatic carbocycles. The molecule has 0 aliphatic heterocycles. The highest BCUT2D eigenvalue weighted by atomic mass is 14.1. The van der Waals surface area contributed by atoms with Crippen LogP contribution >= 0.6 is 0 Å². The van der Waals surface area contributed by atoms with Crippen molar-refractivity contribution in [2.24, 2.45) is 0 Å². The molecule has 0 heteroatoms. The lowest BCUT2D eigenvalue weighted by molar-refractivity contribution is 0.734. The largest absolute Gasteiger partial charge is 0.102 e. The molecule has 92 valence electrons. The Morgan fingerprint density at radius 1 is 1.00 bits per heavy atom. The molecule has 0 aromatic heterocycles. The van der Waals surface area contributed by atoms with Crippen molar-refractivity contribution in [3.05, 3.63) is 83.9 Å². The lowest BCUT2D eigenvalue weighted by Gasteiger charge is -2.13. The summed E-state index contributed by atoms with van der Waals surface area (Å²) < 4.78 is 0. The Balaban J connectivity index is 2.05. The van der Waals surface area contributed by atoms with Crippen molar-refractivity contribution in [2.45, 2.75) is 25.7 Å². The van der Waals surface area contributed by atoms with Crippen molar-refractivity contribution in [1.82, 2.24) is 0 Å². The average molecular weight is 236 g/mol. The highest BCUT2D eigenvalue weighted by Gasteiger charge is 2.07. The summed E-state index contributed by atoms with van der Waals surface area (Å²) in [7, 11) is 0. The van der Waals surface area contributed by atoms with Crippen LogP contribution in [0.4, 0.5) is 0 Å². The van der Waals surface area contributed by atoms with E-state index in [0.29, 0.717) is 5.92 Å². The molecule has 0 spiro atoms. The van der Waals surface area contributed by atoms with Gasteiger partial charge in [0.2, 0.25) is 0 Å². The van der Waals surface area contributed by atoms with Gasteiger partial charge in [-0.3, -0.25) is 0 Å². The molecule has 0 aliphatic rings. The van der Waals surface area contributed by atoms with E-state index in [4.69, 9.17) is 0 Å². The normalized spacial score (nSPS) is 12.1. The van der Waals surface area contributed by atoms with Crippen LogP contribution in [0.5, 0.6) is 0 Å². The fourth-order valence-corrected chi connectivity index (χ4v) is 2.32. The Kier molecular flexibility index (Phi) is 4.35. The van der Waals surface area contributed by atoms with Gasteiger partial charge in [-0.05, 0) is 36.5 Å². The van der Waals surface area contributed by atoms with E-state index >= 15 is 0 Å². The maximum Gasteiger partial charge on any atom is 0.00184 e. The third-order valence-electron chi connectivity index (χ3n) is 3.50. The Bertz CT molecular complexity index is 496. The molecule has 0 N–H and O–H groups in total. The molecule has 0 nitrogen and oxygen atoms in total. The number of rotatable bonds is 5. The lowest BCUT2D eigenvalue weighted by Crippen LogP contribution is -1.98. The quantitative estimate of drug-likeness (QED) is 0.648. The predicted octanol–water partition coefficient (Wildman–Crippen LogP) is 4.90. The van der Waals surface area contributed by atoms with Crippen LogP contribution in [0.1, 0.15) is 29.0 Å². The first-order chi connectivity index (χ1) is 8.81. The molecule has 0 heterocycles. The van der Waals surface area contributed by atoms with Crippen molar-refractivity contribution < 1.29 is 0 Å². The van der Waals surface area contributed by atoms with Crippen LogP contribution in [-0.4, -0.2) is 0 Å². The number of aryl methyl sites for hydroxylation is 2. The van der Waals surface area contributed by atoms with E-state index in [1.807, 2.05) is 0 Å². The predicted molar refractivity (Wildman–Crippen MR) is 78.9 cm³/mol. The van der Waals surface area contributed by atoms with Crippen LogP contribution in [0.2, 0.25) is 0 Å². The fourth-order valence-electron chi connectivity index (χ4n) is 2.32. The van der Waals surface area contributed by atoms with Gasteiger partial charge in [0.25, 0.3) is 0 Å². The first kappa shape index (κ1) is 12.6. The molecule has 0 amide bonds. The average Bonchev–Trinajstić information content (AvgIpc) is 2.42. The molecule has 18 heavy (non-hydrogen) atoms. The second-order valence-corrected chi connectivity index (χ2v) is 4.72. The number of hydrogen-bond donors (Lipinski definition) is 0. The lowest BCUT2D eigenvalue weighted by atomic mass is 9.91. The molecular formula is C18H20. The van der Waals surface area contributed by atoms with Crippen LogP contribution in [0.15, 0.2) is 67.3 Å². The van der Waals surface area contributed by atoms with Gasteiger partial charge in [0.05, 0.1) is 0 Å². The van der Waals surface area contributed by atoms with E-state index in [2.05, 4.69) is 74.2 Å². The Morgan fingerprint density at radius 2 is 1.67 bits per heavy atom. The second-order valence-electron chi connectivity index (χ2n) is 4.72. The van der Waals surface area contributed by atoms with E-state index in [1.54, 1.807) is 0 Å². The van der Waals surface area contributed by atoms with E-state index < -0.39 is 0 Å². The van der Waals surface area contributed by atoms with Crippen LogP contribution in [0.25, 0.3) is 0 Å². The van der Waals surface area contributed by atoms with E-state index in [9.17, 15) is 0 Å². The molecule has 0 fully saturated rings. The van der Waals surface area contributed by atoms with E-state index in [-0.39, 0.29) is 0 Å². The van der Waals surface area contributed by atoms with Crippen molar-refractivity contribution in [3.8, 4) is 0 Å². The van der Waals surface area contributed by atoms with Gasteiger partial charge in [-0.1, -0.05) is 60.7 Å². The zero-order valence-electron chi connectivity index (χ0n) is 11.0. The molecule has 0 bridgehead atoms. The molecule has 0 saturated carbocycles. The van der Waals surface area contributed by atoms with E-state index in [1.165, 1.54) is 16.7 Å². The minimum atomic E-state index is 0.450. The zero-order valence-corrected chi connectivity index (χ0v) is 11.0. The van der Waals surface area contributed by atoms with Crippen LogP contribution in [0.3, 0.4) is 0 Å².